The fourth-order valence-electron chi connectivity index (χ4n) is 3.11. The van der Waals surface area contributed by atoms with Gasteiger partial charge in [-0.1, -0.05) is 19.9 Å². The predicted molar refractivity (Wildman–Crippen MR) is 92.0 cm³/mol. The number of nitrogens with zero attached hydrogens (tertiary/aromatic N) is 4. The summed E-state index contributed by atoms with van der Waals surface area (Å²) in [5.41, 5.74) is 0.341. The number of aromatic nitrogens is 3. The number of carbonyl (C=O) groups is 2. The Balaban J connectivity index is 1.53. The molecule has 0 radical (unpaired) electrons. The highest BCUT2D eigenvalue weighted by molar-refractivity contribution is 5.89. The van der Waals surface area contributed by atoms with Gasteiger partial charge in [0.2, 0.25) is 11.8 Å². The largest absolute Gasteiger partial charge is 0.354 e. The van der Waals surface area contributed by atoms with Crippen LogP contribution in [0, 0.1) is 11.8 Å². The number of carbonyl (C=O) groups excluding carboxylic acids is 2. The van der Waals surface area contributed by atoms with Crippen molar-refractivity contribution in [1.29, 1.82) is 0 Å². The fourth-order valence-corrected chi connectivity index (χ4v) is 3.11. The van der Waals surface area contributed by atoms with Crippen LogP contribution in [0.4, 0.5) is 0 Å². The van der Waals surface area contributed by atoms with E-state index in [9.17, 15) is 14.4 Å². The molecule has 2 amide bonds. The molecule has 0 saturated carbocycles. The average molecular weight is 345 g/mol. The van der Waals surface area contributed by atoms with Crippen molar-refractivity contribution in [2.45, 2.75) is 26.8 Å². The minimum atomic E-state index is -0.316. The summed E-state index contributed by atoms with van der Waals surface area (Å²) in [6.45, 7) is 5.84. The molecular weight excluding hydrogens is 322 g/mol. The fraction of sp³-hybridized carbons (Fsp3) is 0.529. The highest BCUT2D eigenvalue weighted by Crippen LogP contribution is 2.19. The van der Waals surface area contributed by atoms with Gasteiger partial charge < -0.3 is 10.2 Å². The molecule has 25 heavy (non-hydrogen) atoms. The molecule has 1 aliphatic rings. The van der Waals surface area contributed by atoms with E-state index in [1.54, 1.807) is 23.2 Å². The summed E-state index contributed by atoms with van der Waals surface area (Å²) in [6.07, 6.45) is 1.92. The molecule has 8 nitrogen and oxygen atoms in total. The Hall–Kier alpha value is -2.64. The Morgan fingerprint density at radius 3 is 2.88 bits per heavy atom. The molecule has 2 aromatic rings. The Labute approximate surface area is 145 Å². The normalized spacial score (nSPS) is 17.6. The van der Waals surface area contributed by atoms with Crippen molar-refractivity contribution < 1.29 is 9.59 Å². The van der Waals surface area contributed by atoms with Crippen LogP contribution in [0.2, 0.25) is 0 Å². The second-order valence-corrected chi connectivity index (χ2v) is 6.82. The van der Waals surface area contributed by atoms with Crippen molar-refractivity contribution in [1.82, 2.24) is 24.4 Å². The van der Waals surface area contributed by atoms with Gasteiger partial charge in [0.25, 0.3) is 0 Å². The van der Waals surface area contributed by atoms with Gasteiger partial charge >= 0.3 is 5.69 Å². The minimum Gasteiger partial charge on any atom is -0.354 e. The molecule has 1 unspecified atom stereocenters. The number of fused-ring (bicyclic) bond motifs is 1. The van der Waals surface area contributed by atoms with Crippen LogP contribution in [0.1, 0.15) is 20.3 Å². The lowest BCUT2D eigenvalue weighted by atomic mass is 10.1. The van der Waals surface area contributed by atoms with E-state index in [-0.39, 0.29) is 29.8 Å². The molecule has 0 bridgehead atoms. The third-order valence-electron chi connectivity index (χ3n) is 4.28. The molecule has 1 N–H and O–H groups in total. The molecule has 1 atom stereocenters. The molecule has 0 aromatic carbocycles. The lowest BCUT2D eigenvalue weighted by Gasteiger charge is -2.18. The molecule has 3 rings (SSSR count). The summed E-state index contributed by atoms with van der Waals surface area (Å²) in [5, 5.41) is 7.03. The molecule has 0 spiro atoms. The van der Waals surface area contributed by atoms with Crippen LogP contribution in [0.5, 0.6) is 0 Å². The summed E-state index contributed by atoms with van der Waals surface area (Å²) >= 11 is 0. The van der Waals surface area contributed by atoms with Crippen molar-refractivity contribution in [2.75, 3.05) is 19.6 Å². The molecule has 1 fully saturated rings. The second-order valence-electron chi connectivity index (χ2n) is 6.82. The molecule has 3 heterocycles. The zero-order chi connectivity index (χ0) is 18.0. The number of hydrogen-bond donors (Lipinski definition) is 1. The van der Waals surface area contributed by atoms with Gasteiger partial charge in [-0.15, -0.1) is 5.10 Å². The Bertz CT molecular complexity index is 838. The molecular formula is C17H23N5O3. The van der Waals surface area contributed by atoms with Crippen LogP contribution < -0.4 is 11.0 Å². The van der Waals surface area contributed by atoms with Crippen LogP contribution in [0.3, 0.4) is 0 Å². The van der Waals surface area contributed by atoms with Crippen LogP contribution in [0.25, 0.3) is 5.65 Å². The summed E-state index contributed by atoms with van der Waals surface area (Å²) in [7, 11) is 0. The highest BCUT2D eigenvalue weighted by Gasteiger charge is 2.34. The van der Waals surface area contributed by atoms with Gasteiger partial charge in [-0.25, -0.2) is 9.48 Å². The first-order chi connectivity index (χ1) is 12.0. The van der Waals surface area contributed by atoms with Crippen molar-refractivity contribution in [2.24, 2.45) is 11.8 Å². The smallest absolute Gasteiger partial charge is 0.350 e. The van der Waals surface area contributed by atoms with Crippen molar-refractivity contribution in [3.63, 3.8) is 0 Å². The van der Waals surface area contributed by atoms with Gasteiger partial charge in [0.15, 0.2) is 5.65 Å². The van der Waals surface area contributed by atoms with Crippen molar-refractivity contribution in [3.8, 4) is 0 Å². The standard InChI is InChI=1S/C17H23N5O3/c1-12(2)10-20-11-13(9-15(20)23)16(24)18-6-8-22-17(25)21-7-4-3-5-14(21)19-22/h3-5,7,12-13H,6,8-11H2,1-2H3,(H,18,24). The first-order valence-electron chi connectivity index (χ1n) is 8.55. The highest BCUT2D eigenvalue weighted by atomic mass is 16.2. The van der Waals surface area contributed by atoms with Crippen LogP contribution in [0.15, 0.2) is 29.2 Å². The van der Waals surface area contributed by atoms with E-state index in [4.69, 9.17) is 0 Å². The van der Waals surface area contributed by atoms with Crippen molar-refractivity contribution in [3.05, 3.63) is 34.9 Å². The molecule has 0 aliphatic carbocycles. The molecule has 1 aliphatic heterocycles. The topological polar surface area (TPSA) is 88.7 Å². The lowest BCUT2D eigenvalue weighted by molar-refractivity contribution is -0.129. The zero-order valence-corrected chi connectivity index (χ0v) is 14.5. The van der Waals surface area contributed by atoms with Gasteiger partial charge in [-0.2, -0.15) is 0 Å². The van der Waals surface area contributed by atoms with Gasteiger partial charge in [0.1, 0.15) is 0 Å². The maximum Gasteiger partial charge on any atom is 0.350 e. The minimum absolute atomic E-state index is 0.0328. The summed E-state index contributed by atoms with van der Waals surface area (Å²) in [5.74, 6) is -0.0430. The quantitative estimate of drug-likeness (QED) is 0.805. The lowest BCUT2D eigenvalue weighted by Crippen LogP contribution is -2.36. The van der Waals surface area contributed by atoms with Gasteiger partial charge in [0.05, 0.1) is 12.5 Å². The van der Waals surface area contributed by atoms with Gasteiger partial charge in [-0.05, 0) is 18.1 Å². The predicted octanol–water partition coefficient (Wildman–Crippen LogP) is 0.117. The van der Waals surface area contributed by atoms with Gasteiger partial charge in [0, 0.05) is 32.3 Å². The van der Waals surface area contributed by atoms with Crippen LogP contribution >= 0.6 is 0 Å². The summed E-state index contributed by atoms with van der Waals surface area (Å²) in [6, 6.07) is 5.33. The first-order valence-corrected chi connectivity index (χ1v) is 8.55. The Morgan fingerprint density at radius 1 is 1.36 bits per heavy atom. The molecule has 2 aromatic heterocycles. The maximum atomic E-state index is 12.3. The average Bonchev–Trinajstić information content (AvgIpc) is 3.08. The Morgan fingerprint density at radius 2 is 2.16 bits per heavy atom. The van der Waals surface area contributed by atoms with Crippen LogP contribution in [-0.4, -0.2) is 50.5 Å². The maximum absolute atomic E-state index is 12.3. The van der Waals surface area contributed by atoms with Gasteiger partial charge in [-0.3, -0.25) is 14.0 Å². The number of pyridine rings is 1. The summed E-state index contributed by atoms with van der Waals surface area (Å²) in [4.78, 5) is 38.1. The number of nitrogens with one attached hydrogen (secondary N) is 1. The second kappa shape index (κ2) is 7.08. The van der Waals surface area contributed by atoms with E-state index in [0.29, 0.717) is 37.7 Å². The van der Waals surface area contributed by atoms with E-state index in [2.05, 4.69) is 10.4 Å². The van der Waals surface area contributed by atoms with E-state index in [1.807, 2.05) is 19.9 Å². The van der Waals surface area contributed by atoms with Crippen molar-refractivity contribution >= 4 is 17.5 Å². The number of hydrogen-bond acceptors (Lipinski definition) is 4. The molecule has 134 valence electrons. The van der Waals surface area contributed by atoms with E-state index in [0.717, 1.165) is 0 Å². The zero-order valence-electron chi connectivity index (χ0n) is 14.5. The third kappa shape index (κ3) is 3.72. The van der Waals surface area contributed by atoms with Crippen LogP contribution in [-0.2, 0) is 16.1 Å². The number of rotatable bonds is 6. The SMILES string of the molecule is CC(C)CN1CC(C(=O)NCCn2nc3ccccn3c2=O)CC1=O. The number of amides is 2. The third-order valence-corrected chi connectivity index (χ3v) is 4.28. The Kier molecular flexibility index (Phi) is 4.87. The summed E-state index contributed by atoms with van der Waals surface area (Å²) < 4.78 is 2.79. The number of likely N-dealkylation sites (tertiary alicyclic amines) is 1. The van der Waals surface area contributed by atoms with E-state index in [1.165, 1.54) is 9.08 Å². The van der Waals surface area contributed by atoms with E-state index >= 15 is 0 Å². The first kappa shape index (κ1) is 17.2. The molecule has 1 saturated heterocycles. The molecule has 8 heteroatoms. The monoisotopic (exact) mass is 345 g/mol. The van der Waals surface area contributed by atoms with E-state index < -0.39 is 0 Å².